The monoisotopic (exact) mass is 387 g/mol. The van der Waals surface area contributed by atoms with Crippen LogP contribution >= 0.6 is 11.6 Å². The van der Waals surface area contributed by atoms with Crippen molar-refractivity contribution in [2.75, 3.05) is 27.7 Å². The van der Waals surface area contributed by atoms with E-state index in [1.54, 1.807) is 7.11 Å². The van der Waals surface area contributed by atoms with Gasteiger partial charge in [0, 0.05) is 11.6 Å². The number of halogens is 1. The molecule has 0 bridgehead atoms. The Morgan fingerprint density at radius 3 is 2.63 bits per heavy atom. The Morgan fingerprint density at radius 2 is 1.89 bits per heavy atom. The van der Waals surface area contributed by atoms with Crippen LogP contribution in [-0.4, -0.2) is 38.8 Å². The molecule has 0 heterocycles. The molecule has 1 fully saturated rings. The summed E-state index contributed by atoms with van der Waals surface area (Å²) in [5.41, 5.74) is 2.52. The van der Waals surface area contributed by atoms with Gasteiger partial charge in [-0.05, 0) is 80.6 Å². The van der Waals surface area contributed by atoms with Gasteiger partial charge in [0.25, 0.3) is 0 Å². The smallest absolute Gasteiger partial charge is 0.119 e. The highest BCUT2D eigenvalue weighted by molar-refractivity contribution is 6.30. The summed E-state index contributed by atoms with van der Waals surface area (Å²) < 4.78 is 11.7. The van der Waals surface area contributed by atoms with Crippen molar-refractivity contribution in [3.8, 4) is 5.75 Å². The fourth-order valence-electron chi connectivity index (χ4n) is 4.19. The van der Waals surface area contributed by atoms with E-state index in [1.807, 2.05) is 24.3 Å². The van der Waals surface area contributed by atoms with Crippen LogP contribution in [0.5, 0.6) is 5.75 Å². The van der Waals surface area contributed by atoms with E-state index in [0.717, 1.165) is 42.1 Å². The average molecular weight is 388 g/mol. The van der Waals surface area contributed by atoms with Crippen molar-refractivity contribution in [3.05, 3.63) is 64.7 Å². The van der Waals surface area contributed by atoms with E-state index >= 15 is 0 Å². The summed E-state index contributed by atoms with van der Waals surface area (Å²) in [6, 6.07) is 16.5. The first kappa shape index (κ1) is 20.2. The summed E-state index contributed by atoms with van der Waals surface area (Å²) in [6.45, 7) is 1.70. The van der Waals surface area contributed by atoms with Crippen molar-refractivity contribution in [2.24, 2.45) is 5.92 Å². The molecule has 2 aromatic carbocycles. The van der Waals surface area contributed by atoms with Crippen LogP contribution in [0.2, 0.25) is 5.02 Å². The molecule has 146 valence electrons. The number of rotatable bonds is 7. The molecule has 1 aliphatic carbocycles. The van der Waals surface area contributed by atoms with Crippen LogP contribution in [0.4, 0.5) is 0 Å². The third-order valence-corrected chi connectivity index (χ3v) is 5.67. The van der Waals surface area contributed by atoms with E-state index in [-0.39, 0.29) is 0 Å². The van der Waals surface area contributed by atoms with Crippen molar-refractivity contribution in [3.63, 3.8) is 0 Å². The maximum absolute atomic E-state index is 6.26. The Hall–Kier alpha value is -1.55. The second-order valence-corrected chi connectivity index (χ2v) is 8.22. The van der Waals surface area contributed by atoms with E-state index < -0.39 is 0 Å². The van der Waals surface area contributed by atoms with Gasteiger partial charge in [0.05, 0.1) is 19.8 Å². The molecule has 0 aromatic heterocycles. The van der Waals surface area contributed by atoms with Crippen LogP contribution in [0.15, 0.2) is 48.5 Å². The van der Waals surface area contributed by atoms with Crippen LogP contribution < -0.4 is 4.74 Å². The topological polar surface area (TPSA) is 21.7 Å². The van der Waals surface area contributed by atoms with Gasteiger partial charge in [0.2, 0.25) is 0 Å². The zero-order chi connectivity index (χ0) is 19.2. The lowest BCUT2D eigenvalue weighted by molar-refractivity contribution is -0.00689. The standard InChI is InChI=1S/C23H30ClNO2/c1-25(2)15-19-14-22(27-16-17-6-4-8-20(24)12-17)10-11-23(19)18-7-5-9-21(13-18)26-3/h4-9,12-13,19,22-23H,10-11,14-16H2,1-3H3. The molecule has 2 aromatic rings. The van der Waals surface area contributed by atoms with Crippen molar-refractivity contribution < 1.29 is 9.47 Å². The Morgan fingerprint density at radius 1 is 1.07 bits per heavy atom. The Bertz CT molecular complexity index is 734. The van der Waals surface area contributed by atoms with Gasteiger partial charge in [-0.3, -0.25) is 0 Å². The molecule has 27 heavy (non-hydrogen) atoms. The van der Waals surface area contributed by atoms with Crippen molar-refractivity contribution in [1.82, 2.24) is 4.90 Å². The number of hydrogen-bond donors (Lipinski definition) is 0. The van der Waals surface area contributed by atoms with E-state index in [0.29, 0.717) is 24.5 Å². The summed E-state index contributed by atoms with van der Waals surface area (Å²) >= 11 is 6.09. The molecule has 0 N–H and O–H groups in total. The Kier molecular flexibility index (Phi) is 7.17. The van der Waals surface area contributed by atoms with Gasteiger partial charge in [-0.25, -0.2) is 0 Å². The van der Waals surface area contributed by atoms with Crippen molar-refractivity contribution in [2.45, 2.75) is 37.9 Å². The molecule has 0 amide bonds. The van der Waals surface area contributed by atoms with Crippen molar-refractivity contribution >= 4 is 11.6 Å². The quantitative estimate of drug-likeness (QED) is 0.636. The summed E-state index contributed by atoms with van der Waals surface area (Å²) in [7, 11) is 6.04. The fraction of sp³-hybridized carbons (Fsp3) is 0.478. The first-order valence-corrected chi connectivity index (χ1v) is 10.1. The van der Waals surface area contributed by atoms with Gasteiger partial charge >= 0.3 is 0 Å². The molecule has 0 spiro atoms. The minimum absolute atomic E-state index is 0.302. The lowest BCUT2D eigenvalue weighted by Crippen LogP contribution is -2.34. The molecule has 0 saturated heterocycles. The van der Waals surface area contributed by atoms with E-state index in [1.165, 1.54) is 5.56 Å². The van der Waals surface area contributed by atoms with Crippen molar-refractivity contribution in [1.29, 1.82) is 0 Å². The molecule has 4 heteroatoms. The molecule has 0 aliphatic heterocycles. The predicted octanol–water partition coefficient (Wildman–Crippen LogP) is 5.38. The van der Waals surface area contributed by atoms with E-state index in [9.17, 15) is 0 Å². The maximum atomic E-state index is 6.26. The minimum Gasteiger partial charge on any atom is -0.497 e. The van der Waals surface area contributed by atoms with Gasteiger partial charge < -0.3 is 14.4 Å². The molecular weight excluding hydrogens is 358 g/mol. The largest absolute Gasteiger partial charge is 0.497 e. The summed E-state index contributed by atoms with van der Waals surface area (Å²) in [5.74, 6) is 2.06. The van der Waals surface area contributed by atoms with Gasteiger partial charge in [-0.15, -0.1) is 0 Å². The first-order chi connectivity index (χ1) is 13.0. The summed E-state index contributed by atoms with van der Waals surface area (Å²) in [5, 5.41) is 0.767. The van der Waals surface area contributed by atoms with Gasteiger partial charge in [-0.2, -0.15) is 0 Å². The van der Waals surface area contributed by atoms with Crippen LogP contribution in [0.1, 0.15) is 36.3 Å². The molecule has 3 rings (SSSR count). The van der Waals surface area contributed by atoms with Crippen LogP contribution in [0.25, 0.3) is 0 Å². The fourth-order valence-corrected chi connectivity index (χ4v) is 4.41. The summed E-state index contributed by atoms with van der Waals surface area (Å²) in [4.78, 5) is 2.29. The Labute approximate surface area is 168 Å². The normalized spacial score (nSPS) is 22.8. The Balaban J connectivity index is 1.66. The molecule has 3 atom stereocenters. The second kappa shape index (κ2) is 9.59. The lowest BCUT2D eigenvalue weighted by atomic mass is 9.74. The highest BCUT2D eigenvalue weighted by atomic mass is 35.5. The number of ether oxygens (including phenoxy) is 2. The SMILES string of the molecule is COc1cccc(C2CCC(OCc3cccc(Cl)c3)CC2CN(C)C)c1. The molecule has 1 aliphatic rings. The predicted molar refractivity (Wildman–Crippen MR) is 112 cm³/mol. The van der Waals surface area contributed by atoms with Crippen LogP contribution in [-0.2, 0) is 11.3 Å². The van der Waals surface area contributed by atoms with Gasteiger partial charge in [0.1, 0.15) is 5.75 Å². The molecule has 0 radical (unpaired) electrons. The van der Waals surface area contributed by atoms with Crippen LogP contribution in [0, 0.1) is 5.92 Å². The highest BCUT2D eigenvalue weighted by Crippen LogP contribution is 2.40. The number of hydrogen-bond acceptors (Lipinski definition) is 3. The minimum atomic E-state index is 0.302. The zero-order valence-electron chi connectivity index (χ0n) is 16.5. The summed E-state index contributed by atoms with van der Waals surface area (Å²) in [6.07, 6.45) is 3.62. The second-order valence-electron chi connectivity index (χ2n) is 7.78. The number of nitrogens with zero attached hydrogens (tertiary/aromatic N) is 1. The van der Waals surface area contributed by atoms with Crippen LogP contribution in [0.3, 0.4) is 0 Å². The zero-order valence-corrected chi connectivity index (χ0v) is 17.3. The van der Waals surface area contributed by atoms with Gasteiger partial charge in [-0.1, -0.05) is 35.9 Å². The first-order valence-electron chi connectivity index (χ1n) is 9.70. The molecule has 3 nitrogen and oxygen atoms in total. The van der Waals surface area contributed by atoms with Gasteiger partial charge in [0.15, 0.2) is 0 Å². The average Bonchev–Trinajstić information content (AvgIpc) is 2.66. The highest BCUT2D eigenvalue weighted by Gasteiger charge is 2.32. The lowest BCUT2D eigenvalue weighted by Gasteiger charge is -2.38. The number of methoxy groups -OCH3 is 1. The number of benzene rings is 2. The third-order valence-electron chi connectivity index (χ3n) is 5.43. The van der Waals surface area contributed by atoms with E-state index in [4.69, 9.17) is 21.1 Å². The maximum Gasteiger partial charge on any atom is 0.119 e. The van der Waals surface area contributed by atoms with E-state index in [2.05, 4.69) is 43.3 Å². The molecule has 3 unspecified atom stereocenters. The molecule has 1 saturated carbocycles. The molecular formula is C23H30ClNO2. The third kappa shape index (κ3) is 5.71.